The lowest BCUT2D eigenvalue weighted by Gasteiger charge is -1.97. The average Bonchev–Trinajstić information content (AvgIpc) is 3.09. The van der Waals surface area contributed by atoms with E-state index in [1.54, 1.807) is 29.7 Å². The van der Waals surface area contributed by atoms with E-state index in [2.05, 4.69) is 22.1 Å². The van der Waals surface area contributed by atoms with E-state index < -0.39 is 0 Å². The van der Waals surface area contributed by atoms with Crippen molar-refractivity contribution in [3.05, 3.63) is 59.5 Å². The Morgan fingerprint density at radius 3 is 2.63 bits per heavy atom. The molecule has 2 N–H and O–H groups in total. The first kappa shape index (κ1) is 12.0. The Balaban J connectivity index is 1.70. The second-order valence-corrected chi connectivity index (χ2v) is 5.52. The number of phenolic OH excluding ortho intramolecular Hbond substituents is 1. The first-order chi connectivity index (χ1) is 9.31. The summed E-state index contributed by atoms with van der Waals surface area (Å²) in [5, 5.41) is 9.29. The minimum Gasteiger partial charge on any atom is -0.508 e. The highest BCUT2D eigenvalue weighted by atomic mass is 32.1. The van der Waals surface area contributed by atoms with Crippen LogP contribution in [-0.2, 0) is 12.8 Å². The molecule has 3 aromatic rings. The Morgan fingerprint density at radius 2 is 1.89 bits per heavy atom. The zero-order valence-electron chi connectivity index (χ0n) is 10.3. The molecule has 1 aromatic carbocycles. The van der Waals surface area contributed by atoms with Gasteiger partial charge >= 0.3 is 0 Å². The number of hydrogen-bond donors (Lipinski definition) is 2. The molecule has 0 bridgehead atoms. The van der Waals surface area contributed by atoms with E-state index in [0.29, 0.717) is 5.75 Å². The number of phenols is 1. The van der Waals surface area contributed by atoms with E-state index in [4.69, 9.17) is 0 Å². The van der Waals surface area contributed by atoms with Crippen LogP contribution in [0.15, 0.2) is 48.8 Å². The van der Waals surface area contributed by atoms with Gasteiger partial charge in [0.05, 0.1) is 0 Å². The summed E-state index contributed by atoms with van der Waals surface area (Å²) >= 11 is 1.79. The van der Waals surface area contributed by atoms with Crippen molar-refractivity contribution in [1.82, 2.24) is 9.97 Å². The van der Waals surface area contributed by atoms with E-state index in [0.717, 1.165) is 24.2 Å². The van der Waals surface area contributed by atoms with Crippen molar-refractivity contribution in [2.24, 2.45) is 0 Å². The number of aromatic hydroxyl groups is 1. The van der Waals surface area contributed by atoms with Crippen molar-refractivity contribution < 1.29 is 5.11 Å². The van der Waals surface area contributed by atoms with Crippen molar-refractivity contribution in [2.75, 3.05) is 0 Å². The Morgan fingerprint density at radius 1 is 1.05 bits per heavy atom. The van der Waals surface area contributed by atoms with Gasteiger partial charge in [-0.15, -0.1) is 11.3 Å². The van der Waals surface area contributed by atoms with Crippen molar-refractivity contribution >= 4 is 11.3 Å². The van der Waals surface area contributed by atoms with E-state index in [-0.39, 0.29) is 0 Å². The predicted octanol–water partition coefficient (Wildman–Crippen LogP) is 3.63. The Labute approximate surface area is 115 Å². The molecule has 3 nitrogen and oxygen atoms in total. The number of rotatable bonds is 4. The number of thiophene rings is 1. The second kappa shape index (κ2) is 5.28. The number of H-pyrrole nitrogens is 1. The fraction of sp³-hybridized carbons (Fsp3) is 0.133. The number of nitrogens with zero attached hydrogens (tertiary/aromatic N) is 1. The molecule has 0 atom stereocenters. The number of imidazole rings is 1. The van der Waals surface area contributed by atoms with Crippen LogP contribution in [0.2, 0.25) is 0 Å². The summed E-state index contributed by atoms with van der Waals surface area (Å²) in [6.45, 7) is 0. The fourth-order valence-corrected chi connectivity index (χ4v) is 2.98. The molecule has 0 saturated heterocycles. The van der Waals surface area contributed by atoms with Crippen LogP contribution in [0, 0.1) is 0 Å². The molecule has 19 heavy (non-hydrogen) atoms. The van der Waals surface area contributed by atoms with Gasteiger partial charge in [0.15, 0.2) is 0 Å². The standard InChI is InChI=1S/C15H14N2OS/c18-12-3-1-11(2-4-12)14-7-5-13(19-14)6-8-15-16-9-10-17-15/h1-5,7,9-10,18H,6,8H2,(H,16,17). The van der Waals surface area contributed by atoms with E-state index in [1.807, 2.05) is 18.3 Å². The van der Waals surface area contributed by atoms with Gasteiger partial charge in [0.1, 0.15) is 11.6 Å². The number of nitrogens with one attached hydrogen (secondary N) is 1. The molecular formula is C15H14N2OS. The van der Waals surface area contributed by atoms with Crippen LogP contribution in [0.4, 0.5) is 0 Å². The Kier molecular flexibility index (Phi) is 3.33. The average molecular weight is 270 g/mol. The molecular weight excluding hydrogens is 256 g/mol. The van der Waals surface area contributed by atoms with Crippen LogP contribution in [0.1, 0.15) is 10.7 Å². The molecule has 2 heterocycles. The van der Waals surface area contributed by atoms with Gasteiger partial charge in [-0.25, -0.2) is 4.98 Å². The summed E-state index contributed by atoms with van der Waals surface area (Å²) in [7, 11) is 0. The normalized spacial score (nSPS) is 10.7. The van der Waals surface area contributed by atoms with Crippen LogP contribution in [-0.4, -0.2) is 15.1 Å². The van der Waals surface area contributed by atoms with Gasteiger partial charge < -0.3 is 10.1 Å². The molecule has 0 aliphatic heterocycles. The Hall–Kier alpha value is -2.07. The van der Waals surface area contributed by atoms with Crippen LogP contribution >= 0.6 is 11.3 Å². The number of hydrogen-bond acceptors (Lipinski definition) is 3. The maximum absolute atomic E-state index is 9.29. The van der Waals surface area contributed by atoms with E-state index >= 15 is 0 Å². The number of aromatic amines is 1. The van der Waals surface area contributed by atoms with Gasteiger partial charge in [-0.05, 0) is 48.4 Å². The van der Waals surface area contributed by atoms with Crippen molar-refractivity contribution in [2.45, 2.75) is 12.8 Å². The summed E-state index contributed by atoms with van der Waals surface area (Å²) in [6, 6.07) is 11.6. The summed E-state index contributed by atoms with van der Waals surface area (Å²) in [4.78, 5) is 9.92. The molecule has 4 heteroatoms. The molecule has 3 rings (SSSR count). The molecule has 96 valence electrons. The van der Waals surface area contributed by atoms with Crippen molar-refractivity contribution in [1.29, 1.82) is 0 Å². The molecule has 0 spiro atoms. The second-order valence-electron chi connectivity index (χ2n) is 4.35. The molecule has 0 radical (unpaired) electrons. The van der Waals surface area contributed by atoms with Crippen molar-refractivity contribution in [3.63, 3.8) is 0 Å². The highest BCUT2D eigenvalue weighted by molar-refractivity contribution is 7.15. The minimum atomic E-state index is 0.304. The van der Waals surface area contributed by atoms with E-state index in [9.17, 15) is 5.11 Å². The SMILES string of the molecule is Oc1ccc(-c2ccc(CCc3ncc[nH]3)s2)cc1. The van der Waals surface area contributed by atoms with Crippen LogP contribution < -0.4 is 0 Å². The first-order valence-corrected chi connectivity index (χ1v) is 6.99. The minimum absolute atomic E-state index is 0.304. The van der Waals surface area contributed by atoms with Crippen LogP contribution in [0.5, 0.6) is 5.75 Å². The van der Waals surface area contributed by atoms with Gasteiger partial charge in [-0.3, -0.25) is 0 Å². The topological polar surface area (TPSA) is 48.9 Å². The zero-order chi connectivity index (χ0) is 13.1. The number of aryl methyl sites for hydroxylation is 2. The lowest BCUT2D eigenvalue weighted by molar-refractivity contribution is 0.475. The fourth-order valence-electron chi connectivity index (χ4n) is 1.97. The van der Waals surface area contributed by atoms with E-state index in [1.165, 1.54) is 9.75 Å². The van der Waals surface area contributed by atoms with Gasteiger partial charge in [0, 0.05) is 28.6 Å². The van der Waals surface area contributed by atoms with Gasteiger partial charge in [0.25, 0.3) is 0 Å². The predicted molar refractivity (Wildman–Crippen MR) is 77.4 cm³/mol. The maximum Gasteiger partial charge on any atom is 0.115 e. The largest absolute Gasteiger partial charge is 0.508 e. The highest BCUT2D eigenvalue weighted by Crippen LogP contribution is 2.29. The third-order valence-electron chi connectivity index (χ3n) is 2.98. The summed E-state index contributed by atoms with van der Waals surface area (Å²) in [5.41, 5.74) is 1.15. The molecule has 0 fully saturated rings. The van der Waals surface area contributed by atoms with Gasteiger partial charge in [-0.1, -0.05) is 0 Å². The third-order valence-corrected chi connectivity index (χ3v) is 4.17. The first-order valence-electron chi connectivity index (χ1n) is 6.17. The van der Waals surface area contributed by atoms with Crippen LogP contribution in [0.3, 0.4) is 0 Å². The number of benzene rings is 1. The van der Waals surface area contributed by atoms with Gasteiger partial charge in [-0.2, -0.15) is 0 Å². The lowest BCUT2D eigenvalue weighted by Crippen LogP contribution is -1.90. The number of aromatic nitrogens is 2. The summed E-state index contributed by atoms with van der Waals surface area (Å²) in [5.74, 6) is 1.33. The quantitative estimate of drug-likeness (QED) is 0.760. The lowest BCUT2D eigenvalue weighted by atomic mass is 10.2. The molecule has 0 aliphatic carbocycles. The zero-order valence-corrected chi connectivity index (χ0v) is 11.2. The summed E-state index contributed by atoms with van der Waals surface area (Å²) < 4.78 is 0. The monoisotopic (exact) mass is 270 g/mol. The molecule has 0 amide bonds. The summed E-state index contributed by atoms with van der Waals surface area (Å²) in [6.07, 6.45) is 5.57. The maximum atomic E-state index is 9.29. The molecule has 0 unspecified atom stereocenters. The highest BCUT2D eigenvalue weighted by Gasteiger charge is 2.04. The molecule has 2 aromatic heterocycles. The van der Waals surface area contributed by atoms with Crippen molar-refractivity contribution in [3.8, 4) is 16.2 Å². The smallest absolute Gasteiger partial charge is 0.115 e. The molecule has 0 aliphatic rings. The van der Waals surface area contributed by atoms with Gasteiger partial charge in [0.2, 0.25) is 0 Å². The van der Waals surface area contributed by atoms with Crippen LogP contribution in [0.25, 0.3) is 10.4 Å². The third kappa shape index (κ3) is 2.85. The Bertz CT molecular complexity index is 641. The molecule has 0 saturated carbocycles.